The van der Waals surface area contributed by atoms with E-state index >= 15 is 0 Å². The molecule has 4 N–H and O–H groups in total. The molecule has 0 aliphatic carbocycles. The quantitative estimate of drug-likeness (QED) is 0.378. The number of hydrogen-bond donors (Lipinski definition) is 3. The van der Waals surface area contributed by atoms with Gasteiger partial charge in [-0.2, -0.15) is 0 Å². The Hall–Kier alpha value is -1.97. The number of anilines is 1. The van der Waals surface area contributed by atoms with Gasteiger partial charge in [-0.15, -0.1) is 6.58 Å². The van der Waals surface area contributed by atoms with Crippen LogP contribution in [0.5, 0.6) is 5.75 Å². The largest absolute Gasteiger partial charge is 0.506 e. The molecule has 0 spiro atoms. The fourth-order valence-electron chi connectivity index (χ4n) is 0.952. The van der Waals surface area contributed by atoms with Crippen LogP contribution >= 0.6 is 0 Å². The van der Waals surface area contributed by atoms with Crippen molar-refractivity contribution in [2.24, 2.45) is 0 Å². The molecule has 0 aliphatic heterocycles. The number of benzene rings is 1. The third-order valence-electron chi connectivity index (χ3n) is 1.70. The lowest BCUT2D eigenvalue weighted by atomic mass is 10.2. The third-order valence-corrected chi connectivity index (χ3v) is 1.70. The highest BCUT2D eigenvalue weighted by Crippen LogP contribution is 2.20. The van der Waals surface area contributed by atoms with Gasteiger partial charge in [-0.1, -0.05) is 6.08 Å². The molecule has 4 nitrogen and oxygen atoms in total. The minimum atomic E-state index is -0.264. The standard InChI is InChI=1S/C10H12N2O2/c1-2-5-12-10(14)7-3-4-8(11)9(13)6-7/h2-4,6,13H,1,5,11H2,(H,12,14). The van der Waals surface area contributed by atoms with E-state index in [0.29, 0.717) is 12.1 Å². The van der Waals surface area contributed by atoms with Gasteiger partial charge in [0.15, 0.2) is 0 Å². The van der Waals surface area contributed by atoms with Crippen molar-refractivity contribution in [2.75, 3.05) is 12.3 Å². The summed E-state index contributed by atoms with van der Waals surface area (Å²) in [6, 6.07) is 4.36. The smallest absolute Gasteiger partial charge is 0.251 e. The van der Waals surface area contributed by atoms with Gasteiger partial charge >= 0.3 is 0 Å². The number of rotatable bonds is 3. The molecule has 0 atom stereocenters. The van der Waals surface area contributed by atoms with Gasteiger partial charge in [0.1, 0.15) is 5.75 Å². The summed E-state index contributed by atoms with van der Waals surface area (Å²) in [6.45, 7) is 3.87. The van der Waals surface area contributed by atoms with Gasteiger partial charge in [0.25, 0.3) is 5.91 Å². The van der Waals surface area contributed by atoms with Crippen molar-refractivity contribution < 1.29 is 9.90 Å². The van der Waals surface area contributed by atoms with Crippen LogP contribution in [0.1, 0.15) is 10.4 Å². The molecule has 74 valence electrons. The van der Waals surface area contributed by atoms with Crippen molar-refractivity contribution in [2.45, 2.75) is 0 Å². The molecule has 0 unspecified atom stereocenters. The van der Waals surface area contributed by atoms with Crippen LogP contribution in [0.4, 0.5) is 5.69 Å². The summed E-state index contributed by atoms with van der Waals surface area (Å²) in [4.78, 5) is 11.4. The maximum absolute atomic E-state index is 11.4. The molecular formula is C10H12N2O2. The summed E-state index contributed by atoms with van der Waals surface area (Å²) < 4.78 is 0. The number of nitrogens with one attached hydrogen (secondary N) is 1. The fraction of sp³-hybridized carbons (Fsp3) is 0.100. The van der Waals surface area contributed by atoms with Crippen LogP contribution in [-0.2, 0) is 0 Å². The van der Waals surface area contributed by atoms with E-state index in [-0.39, 0.29) is 17.3 Å². The van der Waals surface area contributed by atoms with Gasteiger partial charge in [-0.25, -0.2) is 0 Å². The molecule has 0 bridgehead atoms. The van der Waals surface area contributed by atoms with E-state index < -0.39 is 0 Å². The number of carbonyl (C=O) groups excluding carboxylic acids is 1. The molecule has 0 aromatic heterocycles. The minimum absolute atomic E-state index is 0.0868. The number of phenols is 1. The lowest BCUT2D eigenvalue weighted by Crippen LogP contribution is -2.23. The lowest BCUT2D eigenvalue weighted by Gasteiger charge is -2.04. The van der Waals surface area contributed by atoms with Gasteiger partial charge < -0.3 is 16.2 Å². The van der Waals surface area contributed by atoms with Crippen molar-refractivity contribution in [3.8, 4) is 5.75 Å². The number of carbonyl (C=O) groups is 1. The molecule has 1 aromatic carbocycles. The summed E-state index contributed by atoms with van der Waals surface area (Å²) >= 11 is 0. The third kappa shape index (κ3) is 2.26. The maximum atomic E-state index is 11.4. The molecule has 14 heavy (non-hydrogen) atoms. The Morgan fingerprint density at radius 2 is 2.36 bits per heavy atom. The van der Waals surface area contributed by atoms with Gasteiger partial charge in [-0.3, -0.25) is 4.79 Å². The second-order valence-electron chi connectivity index (χ2n) is 2.77. The van der Waals surface area contributed by atoms with Crippen LogP contribution in [0.15, 0.2) is 30.9 Å². The Morgan fingerprint density at radius 3 is 2.93 bits per heavy atom. The van der Waals surface area contributed by atoms with Crippen LogP contribution in [0.25, 0.3) is 0 Å². The Kier molecular flexibility index (Phi) is 3.12. The van der Waals surface area contributed by atoms with E-state index in [1.165, 1.54) is 12.1 Å². The summed E-state index contributed by atoms with van der Waals surface area (Å²) in [7, 11) is 0. The second-order valence-corrected chi connectivity index (χ2v) is 2.77. The van der Waals surface area contributed by atoms with Crippen molar-refractivity contribution in [3.05, 3.63) is 36.4 Å². The highest BCUT2D eigenvalue weighted by molar-refractivity contribution is 5.95. The van der Waals surface area contributed by atoms with E-state index in [1.54, 1.807) is 12.1 Å². The number of hydrogen-bond acceptors (Lipinski definition) is 3. The number of phenolic OH excluding ortho intramolecular Hbond substituents is 1. The van der Waals surface area contributed by atoms with Gasteiger partial charge in [-0.05, 0) is 18.2 Å². The normalized spacial score (nSPS) is 9.43. The second kappa shape index (κ2) is 4.32. The Morgan fingerprint density at radius 1 is 1.64 bits per heavy atom. The predicted molar refractivity (Wildman–Crippen MR) is 55.0 cm³/mol. The monoisotopic (exact) mass is 192 g/mol. The molecule has 1 rings (SSSR count). The van der Waals surface area contributed by atoms with Gasteiger partial charge in [0, 0.05) is 12.1 Å². The van der Waals surface area contributed by atoms with Gasteiger partial charge in [0.05, 0.1) is 5.69 Å². The highest BCUT2D eigenvalue weighted by Gasteiger charge is 2.06. The average molecular weight is 192 g/mol. The van der Waals surface area contributed by atoms with Crippen molar-refractivity contribution in [1.82, 2.24) is 5.32 Å². The van der Waals surface area contributed by atoms with Crippen LogP contribution in [-0.4, -0.2) is 17.6 Å². The maximum Gasteiger partial charge on any atom is 0.251 e. The van der Waals surface area contributed by atoms with E-state index in [1.807, 2.05) is 0 Å². The number of aromatic hydroxyl groups is 1. The van der Waals surface area contributed by atoms with Crippen molar-refractivity contribution in [1.29, 1.82) is 0 Å². The lowest BCUT2D eigenvalue weighted by molar-refractivity contribution is 0.0957. The summed E-state index contributed by atoms with van der Waals surface area (Å²) in [5.41, 5.74) is 6.02. The predicted octanol–water partition coefficient (Wildman–Crippen LogP) is 0.890. The summed E-state index contributed by atoms with van der Waals surface area (Å²) in [5, 5.41) is 11.8. The van der Waals surface area contributed by atoms with E-state index in [9.17, 15) is 9.90 Å². The molecule has 0 saturated carbocycles. The fourth-order valence-corrected chi connectivity index (χ4v) is 0.952. The minimum Gasteiger partial charge on any atom is -0.506 e. The van der Waals surface area contributed by atoms with E-state index in [2.05, 4.69) is 11.9 Å². The van der Waals surface area contributed by atoms with Crippen molar-refractivity contribution >= 4 is 11.6 Å². The SMILES string of the molecule is C=CCNC(=O)c1ccc(N)c(O)c1. The van der Waals surface area contributed by atoms with E-state index in [0.717, 1.165) is 0 Å². The molecular weight excluding hydrogens is 180 g/mol. The van der Waals surface area contributed by atoms with Crippen molar-refractivity contribution in [3.63, 3.8) is 0 Å². The summed E-state index contributed by atoms with van der Waals surface area (Å²) in [6.07, 6.45) is 1.58. The number of nitrogens with two attached hydrogens (primary N) is 1. The molecule has 0 aliphatic rings. The molecule has 1 aromatic rings. The molecule has 0 radical (unpaired) electrons. The average Bonchev–Trinajstić information content (AvgIpc) is 2.18. The topological polar surface area (TPSA) is 75.4 Å². The molecule has 0 heterocycles. The van der Waals surface area contributed by atoms with Crippen LogP contribution in [0, 0.1) is 0 Å². The first-order chi connectivity index (χ1) is 6.65. The zero-order valence-electron chi connectivity index (χ0n) is 7.66. The molecule has 4 heteroatoms. The Bertz CT molecular complexity index is 361. The Balaban J connectivity index is 2.80. The highest BCUT2D eigenvalue weighted by atomic mass is 16.3. The van der Waals surface area contributed by atoms with Crippen LogP contribution in [0.3, 0.4) is 0 Å². The van der Waals surface area contributed by atoms with E-state index in [4.69, 9.17) is 5.73 Å². The zero-order chi connectivity index (χ0) is 10.6. The van der Waals surface area contributed by atoms with Crippen LogP contribution in [0.2, 0.25) is 0 Å². The molecule has 0 saturated heterocycles. The first kappa shape index (κ1) is 10.1. The summed E-state index contributed by atoms with van der Waals surface area (Å²) in [5.74, 6) is -0.351. The number of amides is 1. The Labute approximate surface area is 82.0 Å². The first-order valence-corrected chi connectivity index (χ1v) is 4.12. The molecule has 0 fully saturated rings. The zero-order valence-corrected chi connectivity index (χ0v) is 7.66. The number of nitrogen functional groups attached to an aromatic ring is 1. The van der Waals surface area contributed by atoms with Gasteiger partial charge in [0.2, 0.25) is 0 Å². The molecule has 1 amide bonds. The van der Waals surface area contributed by atoms with Crippen LogP contribution < -0.4 is 11.1 Å². The first-order valence-electron chi connectivity index (χ1n) is 4.12.